The molecular formula is C26H31N7O2. The lowest BCUT2D eigenvalue weighted by atomic mass is 10.1. The Hall–Kier alpha value is -4.06. The molecular weight excluding hydrogens is 442 g/mol. The van der Waals surface area contributed by atoms with E-state index in [1.165, 1.54) is 5.56 Å². The van der Waals surface area contributed by atoms with Crippen molar-refractivity contribution in [3.05, 3.63) is 66.1 Å². The summed E-state index contributed by atoms with van der Waals surface area (Å²) in [6, 6.07) is 12.1. The zero-order valence-electron chi connectivity index (χ0n) is 20.5. The van der Waals surface area contributed by atoms with Crippen LogP contribution in [0.25, 0.3) is 5.65 Å². The molecule has 0 radical (unpaired) electrons. The zero-order chi connectivity index (χ0) is 24.8. The summed E-state index contributed by atoms with van der Waals surface area (Å²) in [5.41, 5.74) is 3.42. The minimum Gasteiger partial charge on any atom is -0.444 e. The van der Waals surface area contributed by atoms with Crippen molar-refractivity contribution < 1.29 is 9.53 Å². The standard InChI is InChI=1S/C26H31N7O2/c1-20(31-14-16-32(17-15-31)24-12-11-23-29-28-19-33(23)30-24)18-22-9-7-21(8-10-22)6-5-13-27-25(34)35-26(2,3)4/h7-12,19H,1,13-18H2,2-4H3,(H,27,34). The molecule has 2 aromatic heterocycles. The number of rotatable bonds is 5. The van der Waals surface area contributed by atoms with Crippen LogP contribution in [0.4, 0.5) is 10.6 Å². The Morgan fingerprint density at radius 2 is 1.86 bits per heavy atom. The molecule has 1 aliphatic heterocycles. The molecule has 3 aromatic rings. The summed E-state index contributed by atoms with van der Waals surface area (Å²) >= 11 is 0. The van der Waals surface area contributed by atoms with Gasteiger partial charge in [-0.15, -0.1) is 15.3 Å². The molecule has 1 aliphatic rings. The highest BCUT2D eigenvalue weighted by Crippen LogP contribution is 2.18. The van der Waals surface area contributed by atoms with Gasteiger partial charge in [-0.25, -0.2) is 4.79 Å². The first kappa shape index (κ1) is 24.1. The molecule has 0 bridgehead atoms. The van der Waals surface area contributed by atoms with E-state index < -0.39 is 11.7 Å². The minimum atomic E-state index is -0.518. The van der Waals surface area contributed by atoms with Gasteiger partial charge in [0.1, 0.15) is 17.7 Å². The van der Waals surface area contributed by atoms with Crippen LogP contribution in [0.5, 0.6) is 0 Å². The number of piperazine rings is 1. The summed E-state index contributed by atoms with van der Waals surface area (Å²) in [6.45, 7) is 13.6. The number of benzene rings is 1. The van der Waals surface area contributed by atoms with Crippen LogP contribution >= 0.6 is 0 Å². The van der Waals surface area contributed by atoms with Crippen molar-refractivity contribution in [1.82, 2.24) is 30.0 Å². The summed E-state index contributed by atoms with van der Waals surface area (Å²) in [6.07, 6.45) is 1.95. The van der Waals surface area contributed by atoms with Gasteiger partial charge in [-0.2, -0.15) is 4.52 Å². The van der Waals surface area contributed by atoms with Crippen molar-refractivity contribution in [3.63, 3.8) is 0 Å². The van der Waals surface area contributed by atoms with Gasteiger partial charge in [0.25, 0.3) is 0 Å². The second-order valence-electron chi connectivity index (χ2n) is 9.40. The highest BCUT2D eigenvalue weighted by molar-refractivity contribution is 5.68. The molecule has 0 unspecified atom stereocenters. The summed E-state index contributed by atoms with van der Waals surface area (Å²) in [7, 11) is 0. The Morgan fingerprint density at radius 3 is 2.57 bits per heavy atom. The lowest BCUT2D eigenvalue weighted by Crippen LogP contribution is -2.46. The van der Waals surface area contributed by atoms with Crippen LogP contribution in [0.15, 0.2) is 55.0 Å². The van der Waals surface area contributed by atoms with Crippen LogP contribution in [0.2, 0.25) is 0 Å². The van der Waals surface area contributed by atoms with E-state index in [1.54, 1.807) is 10.8 Å². The summed E-state index contributed by atoms with van der Waals surface area (Å²) in [5.74, 6) is 6.94. The lowest BCUT2D eigenvalue weighted by Gasteiger charge is -2.37. The fraction of sp³-hybridized carbons (Fsp3) is 0.385. The molecule has 9 nitrogen and oxygen atoms in total. The van der Waals surface area contributed by atoms with Crippen molar-refractivity contribution >= 4 is 17.6 Å². The molecule has 0 aliphatic carbocycles. The third-order valence-corrected chi connectivity index (χ3v) is 5.51. The van der Waals surface area contributed by atoms with Crippen LogP contribution in [-0.4, -0.2) is 69.1 Å². The first-order chi connectivity index (χ1) is 16.8. The molecule has 0 atom stereocenters. The maximum atomic E-state index is 11.7. The van der Waals surface area contributed by atoms with Crippen molar-refractivity contribution in [2.75, 3.05) is 37.6 Å². The quantitative estimate of drug-likeness (QED) is 0.570. The summed E-state index contributed by atoms with van der Waals surface area (Å²) < 4.78 is 6.89. The van der Waals surface area contributed by atoms with E-state index in [9.17, 15) is 4.79 Å². The third kappa shape index (κ3) is 6.73. The molecule has 3 heterocycles. The fourth-order valence-corrected chi connectivity index (χ4v) is 3.77. The fourth-order valence-electron chi connectivity index (χ4n) is 3.77. The number of alkyl carbamates (subject to hydrolysis) is 1. The first-order valence-electron chi connectivity index (χ1n) is 11.7. The number of carbonyl (C=O) groups excluding carboxylic acids is 1. The van der Waals surface area contributed by atoms with Gasteiger partial charge in [-0.1, -0.05) is 30.6 Å². The average molecular weight is 474 g/mol. The first-order valence-corrected chi connectivity index (χ1v) is 11.7. The van der Waals surface area contributed by atoms with E-state index in [1.807, 2.05) is 45.0 Å². The molecule has 1 aromatic carbocycles. The molecule has 1 fully saturated rings. The molecule has 35 heavy (non-hydrogen) atoms. The molecule has 1 N–H and O–H groups in total. The topological polar surface area (TPSA) is 87.9 Å². The molecule has 9 heteroatoms. The predicted molar refractivity (Wildman–Crippen MR) is 135 cm³/mol. The van der Waals surface area contributed by atoms with Crippen LogP contribution in [0.1, 0.15) is 31.9 Å². The zero-order valence-corrected chi connectivity index (χ0v) is 20.5. The number of fused-ring (bicyclic) bond motifs is 1. The largest absolute Gasteiger partial charge is 0.444 e. The number of hydrogen-bond acceptors (Lipinski definition) is 7. The van der Waals surface area contributed by atoms with E-state index in [0.29, 0.717) is 0 Å². The number of allylic oxidation sites excluding steroid dienone is 1. The number of hydrogen-bond donors (Lipinski definition) is 1. The van der Waals surface area contributed by atoms with E-state index in [2.05, 4.69) is 61.0 Å². The smallest absolute Gasteiger partial charge is 0.408 e. The van der Waals surface area contributed by atoms with Gasteiger partial charge in [-0.3, -0.25) is 0 Å². The Kier molecular flexibility index (Phi) is 7.20. The number of ether oxygens (including phenoxy) is 1. The second kappa shape index (κ2) is 10.5. The molecule has 4 rings (SSSR count). The van der Waals surface area contributed by atoms with Gasteiger partial charge < -0.3 is 19.9 Å². The predicted octanol–water partition coefficient (Wildman–Crippen LogP) is 2.88. The van der Waals surface area contributed by atoms with Gasteiger partial charge in [0, 0.05) is 43.9 Å². The molecule has 1 saturated heterocycles. The molecule has 182 valence electrons. The Labute approximate surface area is 205 Å². The normalized spacial score (nSPS) is 13.8. The SMILES string of the molecule is C=C(Cc1ccc(C#CCNC(=O)OC(C)(C)C)cc1)N1CCN(c2ccc3nncn3n2)CC1. The van der Waals surface area contributed by atoms with Gasteiger partial charge >= 0.3 is 6.09 Å². The Bertz CT molecular complexity index is 1240. The van der Waals surface area contributed by atoms with E-state index >= 15 is 0 Å². The van der Waals surface area contributed by atoms with Crippen molar-refractivity contribution in [2.45, 2.75) is 32.8 Å². The molecule has 1 amide bonds. The van der Waals surface area contributed by atoms with Gasteiger partial charge in [0.15, 0.2) is 5.65 Å². The van der Waals surface area contributed by atoms with E-state index in [0.717, 1.165) is 55.3 Å². The number of aromatic nitrogens is 4. The maximum Gasteiger partial charge on any atom is 0.408 e. The number of anilines is 1. The minimum absolute atomic E-state index is 0.238. The third-order valence-electron chi connectivity index (χ3n) is 5.51. The molecule has 0 saturated carbocycles. The van der Waals surface area contributed by atoms with Crippen molar-refractivity contribution in [3.8, 4) is 11.8 Å². The maximum absolute atomic E-state index is 11.7. The average Bonchev–Trinajstić information content (AvgIpc) is 3.30. The van der Waals surface area contributed by atoms with Crippen LogP contribution in [-0.2, 0) is 11.2 Å². The number of amides is 1. The summed E-state index contributed by atoms with van der Waals surface area (Å²) in [5, 5.41) is 15.1. The second-order valence-corrected chi connectivity index (χ2v) is 9.40. The number of nitrogens with zero attached hydrogens (tertiary/aromatic N) is 6. The van der Waals surface area contributed by atoms with E-state index in [-0.39, 0.29) is 6.54 Å². The lowest BCUT2D eigenvalue weighted by molar-refractivity contribution is 0.0535. The highest BCUT2D eigenvalue weighted by atomic mass is 16.6. The van der Waals surface area contributed by atoms with Crippen LogP contribution in [0, 0.1) is 11.8 Å². The van der Waals surface area contributed by atoms with Crippen molar-refractivity contribution in [2.24, 2.45) is 0 Å². The Balaban J connectivity index is 1.23. The van der Waals surface area contributed by atoms with Crippen LogP contribution in [0.3, 0.4) is 0 Å². The van der Waals surface area contributed by atoms with Crippen molar-refractivity contribution in [1.29, 1.82) is 0 Å². The Morgan fingerprint density at radius 1 is 1.11 bits per heavy atom. The number of nitrogens with one attached hydrogen (secondary N) is 1. The highest BCUT2D eigenvalue weighted by Gasteiger charge is 2.20. The van der Waals surface area contributed by atoms with Gasteiger partial charge in [0.05, 0.1) is 6.54 Å². The van der Waals surface area contributed by atoms with Crippen LogP contribution < -0.4 is 10.2 Å². The van der Waals surface area contributed by atoms with E-state index in [4.69, 9.17) is 4.74 Å². The van der Waals surface area contributed by atoms with Gasteiger partial charge in [0.2, 0.25) is 0 Å². The summed E-state index contributed by atoms with van der Waals surface area (Å²) in [4.78, 5) is 16.3. The monoisotopic (exact) mass is 473 g/mol. The number of carbonyl (C=O) groups is 1. The molecule has 0 spiro atoms. The van der Waals surface area contributed by atoms with Gasteiger partial charge in [-0.05, 0) is 50.6 Å².